The second kappa shape index (κ2) is 31.4. The lowest BCUT2D eigenvalue weighted by Gasteiger charge is -2.40. The zero-order chi connectivity index (χ0) is 36.0. The summed E-state index contributed by atoms with van der Waals surface area (Å²) < 4.78 is 11.1. The molecule has 0 saturated carbocycles. The van der Waals surface area contributed by atoms with Gasteiger partial charge in [-0.1, -0.05) is 154 Å². The van der Waals surface area contributed by atoms with Crippen LogP contribution in [-0.4, -0.2) is 87.5 Å². The highest BCUT2D eigenvalue weighted by Gasteiger charge is 2.44. The lowest BCUT2D eigenvalue weighted by atomic mass is 9.99. The number of carbonyl (C=O) groups excluding carboxylic acids is 1. The van der Waals surface area contributed by atoms with Gasteiger partial charge in [-0.3, -0.25) is 4.79 Å². The third-order valence-corrected chi connectivity index (χ3v) is 9.53. The molecule has 0 aromatic carbocycles. The summed E-state index contributed by atoms with van der Waals surface area (Å²) in [6.45, 7) is 3.67. The maximum Gasteiger partial charge on any atom is 0.220 e. The van der Waals surface area contributed by atoms with E-state index in [9.17, 15) is 30.3 Å². The first kappa shape index (κ1) is 45.7. The fraction of sp³-hybridized carbons (Fsp3) is 0.875. The summed E-state index contributed by atoms with van der Waals surface area (Å²) in [5, 5.41) is 53.7. The molecule has 0 spiro atoms. The zero-order valence-electron chi connectivity index (χ0n) is 31.2. The normalized spacial score (nSPS) is 22.6. The first-order chi connectivity index (χ1) is 23.8. The van der Waals surface area contributed by atoms with Crippen molar-refractivity contribution in [2.75, 3.05) is 13.2 Å². The molecule has 288 valence electrons. The van der Waals surface area contributed by atoms with Gasteiger partial charge in [0.1, 0.15) is 24.4 Å². The smallest absolute Gasteiger partial charge is 0.220 e. The van der Waals surface area contributed by atoms with Crippen LogP contribution in [-0.2, 0) is 14.3 Å². The molecule has 0 aromatic heterocycles. The maximum absolute atomic E-state index is 12.7. The van der Waals surface area contributed by atoms with E-state index in [4.69, 9.17) is 9.47 Å². The second-order valence-corrected chi connectivity index (χ2v) is 14.1. The Bertz CT molecular complexity index is 822. The Morgan fingerprint density at radius 1 is 0.673 bits per heavy atom. The number of nitrogens with one attached hydrogen (secondary N) is 1. The van der Waals surface area contributed by atoms with Crippen molar-refractivity contribution in [1.29, 1.82) is 0 Å². The van der Waals surface area contributed by atoms with Crippen LogP contribution in [0.5, 0.6) is 0 Å². The molecule has 0 radical (unpaired) electrons. The monoisotopic (exact) mass is 698 g/mol. The van der Waals surface area contributed by atoms with Crippen LogP contribution in [0.1, 0.15) is 168 Å². The standard InChI is InChI=1S/C40H75NO8/c1-3-5-7-9-11-12-13-14-15-16-17-18-19-20-21-22-23-24-25-27-29-34(43)33(41-36(44)30-28-26-10-8-6-4-2)32-48-40-39(47)38(46)37(45)35(31-42)49-40/h22-23,27,29,33-35,37-40,42-43,45-47H,3-21,24-26,28,30-32H2,1-2H3,(H,41,44)/b23-22+,29-27+. The third kappa shape index (κ3) is 23.0. The van der Waals surface area contributed by atoms with Crippen molar-refractivity contribution in [2.24, 2.45) is 0 Å². The summed E-state index contributed by atoms with van der Waals surface area (Å²) in [5.74, 6) is -0.197. The van der Waals surface area contributed by atoms with Crippen LogP contribution in [0.2, 0.25) is 0 Å². The van der Waals surface area contributed by atoms with E-state index in [2.05, 4.69) is 31.3 Å². The molecular formula is C40H75NO8. The fourth-order valence-corrected chi connectivity index (χ4v) is 6.23. The average molecular weight is 698 g/mol. The highest BCUT2D eigenvalue weighted by molar-refractivity contribution is 5.76. The summed E-state index contributed by atoms with van der Waals surface area (Å²) in [7, 11) is 0. The largest absolute Gasteiger partial charge is 0.394 e. The summed E-state index contributed by atoms with van der Waals surface area (Å²) in [5.41, 5.74) is 0. The van der Waals surface area contributed by atoms with Crippen LogP contribution >= 0.6 is 0 Å². The van der Waals surface area contributed by atoms with Crippen LogP contribution in [0.25, 0.3) is 0 Å². The number of hydrogen-bond donors (Lipinski definition) is 6. The molecule has 49 heavy (non-hydrogen) atoms. The molecule has 1 rings (SSSR count). The molecule has 7 atom stereocenters. The zero-order valence-corrected chi connectivity index (χ0v) is 31.2. The van der Waals surface area contributed by atoms with Crippen molar-refractivity contribution >= 4 is 5.91 Å². The highest BCUT2D eigenvalue weighted by Crippen LogP contribution is 2.22. The summed E-state index contributed by atoms with van der Waals surface area (Å²) in [4.78, 5) is 12.7. The van der Waals surface area contributed by atoms with Crippen molar-refractivity contribution in [3.05, 3.63) is 24.3 Å². The number of aliphatic hydroxyl groups is 5. The third-order valence-electron chi connectivity index (χ3n) is 9.53. The second-order valence-electron chi connectivity index (χ2n) is 14.1. The Kier molecular flexibility index (Phi) is 29.3. The molecule has 1 heterocycles. The minimum Gasteiger partial charge on any atom is -0.394 e. The van der Waals surface area contributed by atoms with Gasteiger partial charge in [-0.05, 0) is 32.1 Å². The molecule has 1 saturated heterocycles. The molecule has 1 aliphatic rings. The number of unbranched alkanes of at least 4 members (excludes halogenated alkanes) is 20. The summed E-state index contributed by atoms with van der Waals surface area (Å²) in [6.07, 6.45) is 28.3. The van der Waals surface area contributed by atoms with E-state index in [1.54, 1.807) is 6.08 Å². The van der Waals surface area contributed by atoms with Gasteiger partial charge in [0.25, 0.3) is 0 Å². The van der Waals surface area contributed by atoms with Crippen LogP contribution in [0.4, 0.5) is 0 Å². The predicted molar refractivity (Wildman–Crippen MR) is 198 cm³/mol. The molecule has 0 aromatic rings. The van der Waals surface area contributed by atoms with Gasteiger partial charge in [-0.15, -0.1) is 0 Å². The molecule has 7 unspecified atom stereocenters. The van der Waals surface area contributed by atoms with Crippen molar-refractivity contribution in [1.82, 2.24) is 5.32 Å². The Balaban J connectivity index is 2.35. The minimum atomic E-state index is -1.57. The van der Waals surface area contributed by atoms with Gasteiger partial charge in [0, 0.05) is 6.42 Å². The Labute approximate surface area is 298 Å². The lowest BCUT2D eigenvalue weighted by Crippen LogP contribution is -2.60. The van der Waals surface area contributed by atoms with Crippen LogP contribution in [0.15, 0.2) is 24.3 Å². The van der Waals surface area contributed by atoms with Crippen LogP contribution in [0.3, 0.4) is 0 Å². The highest BCUT2D eigenvalue weighted by atomic mass is 16.7. The van der Waals surface area contributed by atoms with E-state index < -0.39 is 49.5 Å². The quantitative estimate of drug-likeness (QED) is 0.0320. The Morgan fingerprint density at radius 2 is 1.16 bits per heavy atom. The van der Waals surface area contributed by atoms with Gasteiger partial charge in [0.15, 0.2) is 6.29 Å². The number of allylic oxidation sites excluding steroid dienone is 3. The van der Waals surface area contributed by atoms with Gasteiger partial charge in [-0.2, -0.15) is 0 Å². The van der Waals surface area contributed by atoms with Crippen molar-refractivity contribution in [3.63, 3.8) is 0 Å². The number of ether oxygens (including phenoxy) is 2. The van der Waals surface area contributed by atoms with E-state index in [0.29, 0.717) is 6.42 Å². The first-order valence-corrected chi connectivity index (χ1v) is 20.1. The van der Waals surface area contributed by atoms with Crippen molar-refractivity contribution in [3.8, 4) is 0 Å². The van der Waals surface area contributed by atoms with Gasteiger partial charge < -0.3 is 40.3 Å². The molecule has 0 aliphatic carbocycles. The maximum atomic E-state index is 12.7. The Morgan fingerprint density at radius 3 is 1.71 bits per heavy atom. The van der Waals surface area contributed by atoms with E-state index in [1.807, 2.05) is 6.08 Å². The SMILES string of the molecule is CCCCCCCCCCCCCCCC/C=C/CC/C=C/C(O)C(COC1OC(CO)C(O)C(O)C1O)NC(=O)CCCCCCCC. The van der Waals surface area contributed by atoms with E-state index in [-0.39, 0.29) is 12.5 Å². The van der Waals surface area contributed by atoms with E-state index >= 15 is 0 Å². The van der Waals surface area contributed by atoms with E-state index in [1.165, 1.54) is 96.3 Å². The fourth-order valence-electron chi connectivity index (χ4n) is 6.23. The number of hydrogen-bond acceptors (Lipinski definition) is 8. The minimum absolute atomic E-state index is 0.197. The first-order valence-electron chi connectivity index (χ1n) is 20.1. The number of carbonyl (C=O) groups is 1. The topological polar surface area (TPSA) is 149 Å². The van der Waals surface area contributed by atoms with Gasteiger partial charge in [0.2, 0.25) is 5.91 Å². The molecule has 0 bridgehead atoms. The molecule has 9 heteroatoms. The van der Waals surface area contributed by atoms with Crippen molar-refractivity contribution in [2.45, 2.75) is 211 Å². The van der Waals surface area contributed by atoms with E-state index in [0.717, 1.165) is 51.4 Å². The predicted octanol–water partition coefficient (Wildman–Crippen LogP) is 7.16. The van der Waals surface area contributed by atoms with Crippen molar-refractivity contribution < 1.29 is 39.8 Å². The average Bonchev–Trinajstić information content (AvgIpc) is 3.10. The molecular weight excluding hydrogens is 622 g/mol. The molecule has 1 aliphatic heterocycles. The van der Waals surface area contributed by atoms with Gasteiger partial charge >= 0.3 is 0 Å². The molecule has 1 amide bonds. The Hall–Kier alpha value is -1.33. The van der Waals surface area contributed by atoms with Gasteiger partial charge in [0.05, 0.1) is 25.4 Å². The van der Waals surface area contributed by atoms with Gasteiger partial charge in [-0.25, -0.2) is 0 Å². The molecule has 6 N–H and O–H groups in total. The number of amides is 1. The number of aliphatic hydroxyl groups excluding tert-OH is 5. The molecule has 1 fully saturated rings. The van der Waals surface area contributed by atoms with Crippen LogP contribution in [0, 0.1) is 0 Å². The number of rotatable bonds is 32. The summed E-state index contributed by atoms with van der Waals surface area (Å²) in [6, 6.07) is -0.813. The summed E-state index contributed by atoms with van der Waals surface area (Å²) >= 11 is 0. The lowest BCUT2D eigenvalue weighted by molar-refractivity contribution is -0.302. The van der Waals surface area contributed by atoms with Crippen LogP contribution < -0.4 is 5.32 Å². The molecule has 9 nitrogen and oxygen atoms in total.